The Morgan fingerprint density at radius 2 is 1.88 bits per heavy atom. The Morgan fingerprint density at radius 3 is 2.53 bits per heavy atom. The molecule has 0 aromatic heterocycles. The molecule has 1 heterocycles. The second-order valence-electron chi connectivity index (χ2n) is 4.95. The standard InChI is InChI=1S/C13H27N3O/c1-3-4-6-13(17)14-7-5-8-16-11-9-15(2)10-12-16/h3-12H2,1-2H3,(H,14,17). The van der Waals surface area contributed by atoms with Crippen LogP contribution in [0.15, 0.2) is 0 Å². The van der Waals surface area contributed by atoms with Crippen molar-refractivity contribution in [3.63, 3.8) is 0 Å². The number of unbranched alkanes of at least 4 members (excludes halogenated alkanes) is 1. The number of likely N-dealkylation sites (N-methyl/N-ethyl adjacent to an activating group) is 1. The summed E-state index contributed by atoms with van der Waals surface area (Å²) in [5.74, 6) is 0.213. The fraction of sp³-hybridized carbons (Fsp3) is 0.923. The van der Waals surface area contributed by atoms with E-state index >= 15 is 0 Å². The van der Waals surface area contributed by atoms with Crippen molar-refractivity contribution in [3.05, 3.63) is 0 Å². The minimum atomic E-state index is 0.213. The van der Waals surface area contributed by atoms with Crippen LogP contribution in [-0.4, -0.2) is 62.0 Å². The highest BCUT2D eigenvalue weighted by molar-refractivity contribution is 5.75. The molecule has 1 aliphatic rings. The van der Waals surface area contributed by atoms with E-state index in [1.165, 1.54) is 26.2 Å². The Morgan fingerprint density at radius 1 is 1.18 bits per heavy atom. The van der Waals surface area contributed by atoms with Gasteiger partial charge in [0.25, 0.3) is 0 Å². The number of carbonyl (C=O) groups is 1. The summed E-state index contributed by atoms with van der Waals surface area (Å²) in [6.07, 6.45) is 3.85. The lowest BCUT2D eigenvalue weighted by Crippen LogP contribution is -2.45. The van der Waals surface area contributed by atoms with Gasteiger partial charge in [-0.1, -0.05) is 13.3 Å². The van der Waals surface area contributed by atoms with E-state index in [4.69, 9.17) is 0 Å². The number of hydrogen-bond acceptors (Lipinski definition) is 3. The van der Waals surface area contributed by atoms with Crippen molar-refractivity contribution in [3.8, 4) is 0 Å². The maximum atomic E-state index is 11.4. The van der Waals surface area contributed by atoms with E-state index in [1.54, 1.807) is 0 Å². The Balaban J connectivity index is 1.95. The Bertz CT molecular complexity index is 213. The Hall–Kier alpha value is -0.610. The first-order valence-corrected chi connectivity index (χ1v) is 6.90. The Kier molecular flexibility index (Phi) is 7.21. The molecule has 0 bridgehead atoms. The quantitative estimate of drug-likeness (QED) is 0.674. The number of nitrogens with one attached hydrogen (secondary N) is 1. The molecule has 0 aromatic rings. The summed E-state index contributed by atoms with van der Waals surface area (Å²) >= 11 is 0. The van der Waals surface area contributed by atoms with E-state index in [0.29, 0.717) is 6.42 Å². The Labute approximate surface area is 105 Å². The molecule has 1 amide bonds. The molecular weight excluding hydrogens is 214 g/mol. The van der Waals surface area contributed by atoms with Crippen LogP contribution in [0, 0.1) is 0 Å². The largest absolute Gasteiger partial charge is 0.356 e. The summed E-state index contributed by atoms with van der Waals surface area (Å²) in [5, 5.41) is 2.99. The third-order valence-electron chi connectivity index (χ3n) is 3.33. The van der Waals surface area contributed by atoms with Crippen molar-refractivity contribution in [2.45, 2.75) is 32.6 Å². The van der Waals surface area contributed by atoms with Gasteiger partial charge in [0.2, 0.25) is 5.91 Å². The normalized spacial score (nSPS) is 18.2. The number of hydrogen-bond donors (Lipinski definition) is 1. The van der Waals surface area contributed by atoms with Crippen molar-refractivity contribution < 1.29 is 4.79 Å². The summed E-state index contributed by atoms with van der Waals surface area (Å²) in [6, 6.07) is 0. The third kappa shape index (κ3) is 6.64. The van der Waals surface area contributed by atoms with Crippen LogP contribution in [0.25, 0.3) is 0 Å². The molecule has 1 rings (SSSR count). The molecule has 0 radical (unpaired) electrons. The van der Waals surface area contributed by atoms with Gasteiger partial charge in [0.05, 0.1) is 0 Å². The average Bonchev–Trinajstić information content (AvgIpc) is 2.34. The van der Waals surface area contributed by atoms with Gasteiger partial charge in [0.1, 0.15) is 0 Å². The molecule has 4 nitrogen and oxygen atoms in total. The number of nitrogens with zero attached hydrogens (tertiary/aromatic N) is 2. The smallest absolute Gasteiger partial charge is 0.219 e. The first-order chi connectivity index (χ1) is 8.22. The highest BCUT2D eigenvalue weighted by atomic mass is 16.1. The molecular formula is C13H27N3O. The number of carbonyl (C=O) groups excluding carboxylic acids is 1. The predicted octanol–water partition coefficient (Wildman–Crippen LogP) is 0.930. The molecule has 0 aliphatic carbocycles. The van der Waals surface area contributed by atoms with Crippen LogP contribution >= 0.6 is 0 Å². The molecule has 1 fully saturated rings. The predicted molar refractivity (Wildman–Crippen MR) is 71.1 cm³/mol. The van der Waals surface area contributed by atoms with Crippen LogP contribution in [-0.2, 0) is 4.79 Å². The molecule has 0 spiro atoms. The first-order valence-electron chi connectivity index (χ1n) is 6.90. The summed E-state index contributed by atoms with van der Waals surface area (Å²) in [7, 11) is 2.17. The SMILES string of the molecule is CCCCC(=O)NCCCN1CCN(C)CC1. The van der Waals surface area contributed by atoms with Crippen molar-refractivity contribution >= 4 is 5.91 Å². The van der Waals surface area contributed by atoms with E-state index in [-0.39, 0.29) is 5.91 Å². The van der Waals surface area contributed by atoms with Gasteiger partial charge in [-0.2, -0.15) is 0 Å². The second-order valence-corrected chi connectivity index (χ2v) is 4.95. The van der Waals surface area contributed by atoms with Crippen molar-refractivity contribution in [2.24, 2.45) is 0 Å². The molecule has 0 unspecified atom stereocenters. The molecule has 100 valence electrons. The lowest BCUT2D eigenvalue weighted by molar-refractivity contribution is -0.121. The van der Waals surface area contributed by atoms with Gasteiger partial charge >= 0.3 is 0 Å². The topological polar surface area (TPSA) is 35.6 Å². The summed E-state index contributed by atoms with van der Waals surface area (Å²) in [5.41, 5.74) is 0. The van der Waals surface area contributed by atoms with E-state index in [2.05, 4.69) is 29.1 Å². The fourth-order valence-electron chi connectivity index (χ4n) is 2.03. The van der Waals surface area contributed by atoms with Crippen LogP contribution < -0.4 is 5.32 Å². The molecule has 0 saturated carbocycles. The van der Waals surface area contributed by atoms with Crippen molar-refractivity contribution in [2.75, 3.05) is 46.3 Å². The van der Waals surface area contributed by atoms with Crippen LogP contribution in [0.2, 0.25) is 0 Å². The lowest BCUT2D eigenvalue weighted by atomic mass is 10.2. The molecule has 1 N–H and O–H groups in total. The monoisotopic (exact) mass is 241 g/mol. The maximum absolute atomic E-state index is 11.4. The summed E-state index contributed by atoms with van der Waals surface area (Å²) in [4.78, 5) is 16.2. The summed E-state index contributed by atoms with van der Waals surface area (Å²) < 4.78 is 0. The number of rotatable bonds is 7. The van der Waals surface area contributed by atoms with Crippen LogP contribution in [0.4, 0.5) is 0 Å². The zero-order valence-corrected chi connectivity index (χ0v) is 11.4. The first kappa shape index (κ1) is 14.5. The molecule has 17 heavy (non-hydrogen) atoms. The van der Waals surface area contributed by atoms with Gasteiger partial charge in [-0.15, -0.1) is 0 Å². The van der Waals surface area contributed by atoms with Gasteiger partial charge in [-0.3, -0.25) is 4.79 Å². The lowest BCUT2D eigenvalue weighted by Gasteiger charge is -2.32. The average molecular weight is 241 g/mol. The van der Waals surface area contributed by atoms with E-state index < -0.39 is 0 Å². The minimum Gasteiger partial charge on any atom is -0.356 e. The molecule has 0 aromatic carbocycles. The fourth-order valence-corrected chi connectivity index (χ4v) is 2.03. The third-order valence-corrected chi connectivity index (χ3v) is 3.33. The second kappa shape index (κ2) is 8.48. The van der Waals surface area contributed by atoms with Gasteiger partial charge in [0.15, 0.2) is 0 Å². The highest BCUT2D eigenvalue weighted by Crippen LogP contribution is 1.99. The van der Waals surface area contributed by atoms with E-state index in [1.807, 2.05) is 0 Å². The van der Waals surface area contributed by atoms with Crippen LogP contribution in [0.1, 0.15) is 32.6 Å². The number of amides is 1. The maximum Gasteiger partial charge on any atom is 0.219 e. The summed E-state index contributed by atoms with van der Waals surface area (Å²) in [6.45, 7) is 8.73. The van der Waals surface area contributed by atoms with E-state index in [9.17, 15) is 4.79 Å². The molecule has 4 heteroatoms. The zero-order chi connectivity index (χ0) is 12.5. The van der Waals surface area contributed by atoms with Gasteiger partial charge in [0, 0.05) is 39.1 Å². The van der Waals surface area contributed by atoms with Gasteiger partial charge in [-0.05, 0) is 26.4 Å². The molecule has 1 saturated heterocycles. The molecule has 1 aliphatic heterocycles. The van der Waals surface area contributed by atoms with Gasteiger partial charge < -0.3 is 15.1 Å². The van der Waals surface area contributed by atoms with Crippen molar-refractivity contribution in [1.29, 1.82) is 0 Å². The molecule has 0 atom stereocenters. The number of piperazine rings is 1. The minimum absolute atomic E-state index is 0.213. The van der Waals surface area contributed by atoms with Crippen LogP contribution in [0.3, 0.4) is 0 Å². The van der Waals surface area contributed by atoms with E-state index in [0.717, 1.165) is 32.4 Å². The van der Waals surface area contributed by atoms with Crippen molar-refractivity contribution in [1.82, 2.24) is 15.1 Å². The zero-order valence-electron chi connectivity index (χ0n) is 11.4. The van der Waals surface area contributed by atoms with Gasteiger partial charge in [-0.25, -0.2) is 0 Å². The highest BCUT2D eigenvalue weighted by Gasteiger charge is 2.12. The van der Waals surface area contributed by atoms with Crippen LogP contribution in [0.5, 0.6) is 0 Å².